The van der Waals surface area contributed by atoms with Gasteiger partial charge in [-0.1, -0.05) is 18.2 Å². The molecule has 0 aliphatic rings. The van der Waals surface area contributed by atoms with Crippen LogP contribution in [0.25, 0.3) is 0 Å². The van der Waals surface area contributed by atoms with Crippen molar-refractivity contribution in [1.82, 2.24) is 0 Å². The number of thioether (sulfide) groups is 1. The maximum absolute atomic E-state index is 5.56. The molecule has 0 rings (SSSR count). The highest BCUT2D eigenvalue weighted by Gasteiger charge is 1.87. The lowest BCUT2D eigenvalue weighted by molar-refractivity contribution is 1.50. The first-order valence-corrected chi connectivity index (χ1v) is 4.15. The summed E-state index contributed by atoms with van der Waals surface area (Å²) in [4.78, 5) is 4.47. The van der Waals surface area contributed by atoms with Gasteiger partial charge in [-0.3, -0.25) is 0 Å². The Morgan fingerprint density at radius 3 is 2.80 bits per heavy atom. The molecule has 0 unspecified atom stereocenters. The van der Waals surface area contributed by atoms with Crippen molar-refractivity contribution in [3.63, 3.8) is 0 Å². The van der Waals surface area contributed by atoms with Crippen LogP contribution in [-0.4, -0.2) is 12.6 Å². The molecule has 0 saturated carbocycles. The Morgan fingerprint density at radius 1 is 1.80 bits per heavy atom. The number of nitrogens with zero attached hydrogens (tertiary/aromatic N) is 1. The fourth-order valence-electron chi connectivity index (χ4n) is 0.300. The molecule has 2 N–H and O–H groups in total. The Labute approximate surface area is 69.8 Å². The number of allylic oxidation sites excluding steroid dienone is 1. The summed E-state index contributed by atoms with van der Waals surface area (Å²) in [5.41, 5.74) is 4.99. The molecule has 0 aliphatic carbocycles. The predicted molar refractivity (Wildman–Crippen MR) is 49.3 cm³/mol. The molecule has 0 heterocycles. The molecular weight excluding hydrogens is 168 g/mol. The topological polar surface area (TPSA) is 38.4 Å². The van der Waals surface area contributed by atoms with Gasteiger partial charge in [0.15, 0.2) is 0 Å². The van der Waals surface area contributed by atoms with Crippen LogP contribution in [0.2, 0.25) is 0 Å². The molecule has 0 amide bonds. The standard InChI is InChI=1S/C6H9ClN2S/c1-5(10-2)3-6(7)9-4-8/h3-4H,1H2,2H3,(H2,8,9)/b6-3-. The minimum absolute atomic E-state index is 0.349. The van der Waals surface area contributed by atoms with Crippen LogP contribution >= 0.6 is 23.4 Å². The zero-order chi connectivity index (χ0) is 7.98. The van der Waals surface area contributed by atoms with E-state index in [1.807, 2.05) is 6.26 Å². The Bertz CT molecular complexity index is 175. The van der Waals surface area contributed by atoms with Crippen molar-refractivity contribution >= 4 is 29.7 Å². The molecule has 2 nitrogen and oxygen atoms in total. The summed E-state index contributed by atoms with van der Waals surface area (Å²) in [6.07, 6.45) is 4.71. The number of aliphatic imine (C=N–C) groups is 1. The second-order valence-corrected chi connectivity index (χ2v) is 2.74. The lowest BCUT2D eigenvalue weighted by Gasteiger charge is -1.90. The third-order valence-corrected chi connectivity index (χ3v) is 1.59. The van der Waals surface area contributed by atoms with Crippen LogP contribution in [0.4, 0.5) is 0 Å². The van der Waals surface area contributed by atoms with Gasteiger partial charge < -0.3 is 5.73 Å². The fourth-order valence-corrected chi connectivity index (χ4v) is 0.782. The SMILES string of the molecule is C=C(/C=C(Cl)\N=C/N)SC. The molecular formula is C6H9ClN2S. The van der Waals surface area contributed by atoms with Crippen molar-refractivity contribution in [2.24, 2.45) is 10.7 Å². The molecule has 0 fully saturated rings. The smallest absolute Gasteiger partial charge is 0.131 e. The maximum Gasteiger partial charge on any atom is 0.131 e. The van der Waals surface area contributed by atoms with Crippen molar-refractivity contribution in [3.8, 4) is 0 Å². The van der Waals surface area contributed by atoms with Crippen LogP contribution in [-0.2, 0) is 0 Å². The first-order valence-electron chi connectivity index (χ1n) is 2.55. The van der Waals surface area contributed by atoms with Gasteiger partial charge in [-0.25, -0.2) is 4.99 Å². The zero-order valence-electron chi connectivity index (χ0n) is 5.67. The van der Waals surface area contributed by atoms with Crippen LogP contribution in [0.3, 0.4) is 0 Å². The van der Waals surface area contributed by atoms with Crippen LogP contribution < -0.4 is 5.73 Å². The van der Waals surface area contributed by atoms with Gasteiger partial charge in [0.1, 0.15) is 5.16 Å². The number of hydrogen-bond donors (Lipinski definition) is 1. The Kier molecular flexibility index (Phi) is 5.16. The normalized spacial score (nSPS) is 12.4. The van der Waals surface area contributed by atoms with Crippen molar-refractivity contribution in [1.29, 1.82) is 0 Å². The quantitative estimate of drug-likeness (QED) is 0.309. The van der Waals surface area contributed by atoms with E-state index in [0.29, 0.717) is 5.16 Å². The molecule has 0 aliphatic heterocycles. The molecule has 0 aromatic heterocycles. The summed E-state index contributed by atoms with van der Waals surface area (Å²) < 4.78 is 0. The maximum atomic E-state index is 5.56. The Morgan fingerprint density at radius 2 is 2.40 bits per heavy atom. The van der Waals surface area contributed by atoms with Gasteiger partial charge >= 0.3 is 0 Å². The predicted octanol–water partition coefficient (Wildman–Crippen LogP) is 1.93. The minimum Gasteiger partial charge on any atom is -0.390 e. The van der Waals surface area contributed by atoms with Crippen molar-refractivity contribution in [2.45, 2.75) is 0 Å². The van der Waals surface area contributed by atoms with Crippen LogP contribution in [0, 0.1) is 0 Å². The van der Waals surface area contributed by atoms with E-state index in [1.165, 1.54) is 11.8 Å². The summed E-state index contributed by atoms with van der Waals surface area (Å²) >= 11 is 7.07. The highest BCUT2D eigenvalue weighted by Crippen LogP contribution is 2.14. The second kappa shape index (κ2) is 5.38. The minimum atomic E-state index is 0.349. The van der Waals surface area contributed by atoms with Gasteiger partial charge in [0.05, 0.1) is 6.34 Å². The van der Waals surface area contributed by atoms with Gasteiger partial charge in [-0.2, -0.15) is 0 Å². The first kappa shape index (κ1) is 9.59. The van der Waals surface area contributed by atoms with Crippen molar-refractivity contribution in [3.05, 3.63) is 22.7 Å². The monoisotopic (exact) mass is 176 g/mol. The first-order chi connectivity index (χ1) is 4.70. The summed E-state index contributed by atoms with van der Waals surface area (Å²) in [7, 11) is 0. The van der Waals surface area contributed by atoms with E-state index in [9.17, 15) is 0 Å². The van der Waals surface area contributed by atoms with Crippen LogP contribution in [0.5, 0.6) is 0 Å². The number of nitrogens with two attached hydrogens (primary N) is 1. The molecule has 0 aromatic rings. The number of rotatable bonds is 3. The lowest BCUT2D eigenvalue weighted by atomic mass is 10.6. The molecule has 0 atom stereocenters. The lowest BCUT2D eigenvalue weighted by Crippen LogP contribution is -1.87. The Balaban J connectivity index is 4.02. The third kappa shape index (κ3) is 4.47. The van der Waals surface area contributed by atoms with E-state index in [2.05, 4.69) is 11.6 Å². The number of halogens is 1. The molecule has 56 valence electrons. The van der Waals surface area contributed by atoms with E-state index in [1.54, 1.807) is 6.08 Å². The van der Waals surface area contributed by atoms with Gasteiger partial charge in [0.25, 0.3) is 0 Å². The average Bonchev–Trinajstić information content (AvgIpc) is 1.88. The highest BCUT2D eigenvalue weighted by atomic mass is 35.5. The van der Waals surface area contributed by atoms with E-state index in [4.69, 9.17) is 17.3 Å². The molecule has 0 spiro atoms. The van der Waals surface area contributed by atoms with E-state index >= 15 is 0 Å². The van der Waals surface area contributed by atoms with E-state index in [0.717, 1.165) is 11.2 Å². The largest absolute Gasteiger partial charge is 0.390 e. The molecule has 0 bridgehead atoms. The van der Waals surface area contributed by atoms with Gasteiger partial charge in [-0.05, 0) is 12.3 Å². The fraction of sp³-hybridized carbons (Fsp3) is 0.167. The molecule has 10 heavy (non-hydrogen) atoms. The van der Waals surface area contributed by atoms with Gasteiger partial charge in [0.2, 0.25) is 0 Å². The van der Waals surface area contributed by atoms with Crippen molar-refractivity contribution in [2.75, 3.05) is 6.26 Å². The summed E-state index contributed by atoms with van der Waals surface area (Å²) in [5, 5.41) is 0.349. The summed E-state index contributed by atoms with van der Waals surface area (Å²) in [5.74, 6) is 0. The molecule has 0 saturated heterocycles. The summed E-state index contributed by atoms with van der Waals surface area (Å²) in [6.45, 7) is 3.68. The average molecular weight is 177 g/mol. The molecule has 0 radical (unpaired) electrons. The molecule has 0 aromatic carbocycles. The van der Waals surface area contributed by atoms with Gasteiger partial charge in [-0.15, -0.1) is 11.8 Å². The number of hydrogen-bond acceptors (Lipinski definition) is 2. The second-order valence-electron chi connectivity index (χ2n) is 1.42. The van der Waals surface area contributed by atoms with Crippen LogP contribution in [0.15, 0.2) is 27.7 Å². The van der Waals surface area contributed by atoms with Crippen LogP contribution in [0.1, 0.15) is 0 Å². The Hall–Kier alpha value is -0.410. The van der Waals surface area contributed by atoms with Crippen molar-refractivity contribution < 1.29 is 0 Å². The highest BCUT2D eigenvalue weighted by molar-refractivity contribution is 8.02. The van der Waals surface area contributed by atoms with E-state index in [-0.39, 0.29) is 0 Å². The van der Waals surface area contributed by atoms with Gasteiger partial charge in [0, 0.05) is 4.91 Å². The third-order valence-electron chi connectivity index (χ3n) is 0.740. The van der Waals surface area contributed by atoms with E-state index < -0.39 is 0 Å². The molecule has 4 heteroatoms. The zero-order valence-corrected chi connectivity index (χ0v) is 7.25. The summed E-state index contributed by atoms with van der Waals surface area (Å²) in [6, 6.07) is 0.